The van der Waals surface area contributed by atoms with Gasteiger partial charge in [-0.05, 0) is 0 Å². The van der Waals surface area contributed by atoms with Crippen molar-refractivity contribution in [1.29, 1.82) is 0 Å². The summed E-state index contributed by atoms with van der Waals surface area (Å²) in [4.78, 5) is 0. The molecule has 0 heterocycles. The second-order valence-electron chi connectivity index (χ2n) is 8.82. The number of hydrogen-bond donors (Lipinski definition) is 0. The molecule has 30 heavy (non-hydrogen) atoms. The average molecular weight is 522 g/mol. The first-order valence-corrected chi connectivity index (χ1v) is 13.3. The molecule has 0 saturated carbocycles. The number of rotatable bonds is 7. The molecule has 1 atom stereocenters. The van der Waals surface area contributed by atoms with Crippen LogP contribution in [0.25, 0.3) is 0 Å². The predicted octanol–water partition coefficient (Wildman–Crippen LogP) is -2.59. The van der Waals surface area contributed by atoms with Crippen molar-refractivity contribution in [3.05, 3.63) is 50.1 Å². The summed E-state index contributed by atoms with van der Waals surface area (Å²) in [6.07, 6.45) is 5.31. The summed E-state index contributed by atoms with van der Waals surface area (Å²) in [5, 5.41) is 1.74. The fourth-order valence-corrected chi connectivity index (χ4v) is 8.88. The molecule has 1 aliphatic rings. The van der Waals surface area contributed by atoms with E-state index in [1.165, 1.54) is 48.4 Å². The van der Waals surface area contributed by atoms with E-state index < -0.39 is 0 Å². The van der Waals surface area contributed by atoms with Gasteiger partial charge in [-0.2, -0.15) is 0 Å². The second-order valence-corrected chi connectivity index (χ2v) is 11.9. The topological polar surface area (TPSA) is 0 Å². The van der Waals surface area contributed by atoms with Crippen molar-refractivity contribution in [2.24, 2.45) is 0 Å². The van der Waals surface area contributed by atoms with E-state index in [1.807, 2.05) is 0 Å². The Kier molecular flexibility index (Phi) is 14.5. The number of hydrogen-bond acceptors (Lipinski definition) is 0. The van der Waals surface area contributed by atoms with Gasteiger partial charge < -0.3 is 37.2 Å². The summed E-state index contributed by atoms with van der Waals surface area (Å²) in [5.74, 6) is 0. The van der Waals surface area contributed by atoms with E-state index in [0.29, 0.717) is 3.72 Å². The molecule has 0 saturated heterocycles. The van der Waals surface area contributed by atoms with Crippen LogP contribution in [-0.2, 0) is 20.4 Å². The molecule has 2 rings (SSSR count). The zero-order chi connectivity index (χ0) is 20.5. The van der Waals surface area contributed by atoms with Crippen LogP contribution in [0, 0.1) is 34.6 Å². The van der Waals surface area contributed by atoms with E-state index in [4.69, 9.17) is 0 Å². The summed E-state index contributed by atoms with van der Waals surface area (Å²) >= 11 is 2.55. The maximum absolute atomic E-state index is 2.55. The van der Waals surface area contributed by atoms with Gasteiger partial charge in [0.15, 0.2) is 0 Å². The van der Waals surface area contributed by atoms with Crippen LogP contribution in [0.15, 0.2) is 22.3 Å². The maximum Gasteiger partial charge on any atom is -1.00 e. The van der Waals surface area contributed by atoms with E-state index in [9.17, 15) is 0 Å². The van der Waals surface area contributed by atoms with E-state index >= 15 is 0 Å². The average Bonchev–Trinajstić information content (AvgIpc) is 2.80. The van der Waals surface area contributed by atoms with Crippen molar-refractivity contribution >= 4 is 14.7 Å². The van der Waals surface area contributed by atoms with Gasteiger partial charge in [-0.3, -0.25) is 0 Å². The second kappa shape index (κ2) is 13.3. The Bertz CT molecular complexity index is 782. The molecule has 0 nitrogen and oxygen atoms in total. The summed E-state index contributed by atoms with van der Waals surface area (Å²) < 4.78 is 0.305. The third-order valence-electron chi connectivity index (χ3n) is 7.67. The fraction of sp³-hybridized carbons (Fsp3) is 0.600. The van der Waals surface area contributed by atoms with Crippen LogP contribution in [-0.4, -0.2) is 9.52 Å². The molecular weight excluding hydrogens is 483 g/mol. The van der Waals surface area contributed by atoms with Gasteiger partial charge in [-0.1, -0.05) is 0 Å². The molecule has 0 N–H and O–H groups in total. The smallest absolute Gasteiger partial charge is 1.00 e. The first-order valence-electron chi connectivity index (χ1n) is 10.8. The van der Waals surface area contributed by atoms with Gasteiger partial charge in [0.2, 0.25) is 0 Å². The van der Waals surface area contributed by atoms with E-state index in [1.54, 1.807) is 38.6 Å². The van der Waals surface area contributed by atoms with E-state index in [-0.39, 0.29) is 46.7 Å². The van der Waals surface area contributed by atoms with Crippen molar-refractivity contribution in [2.45, 2.75) is 97.8 Å². The summed E-state index contributed by atoms with van der Waals surface area (Å²) in [5.41, 5.74) is 14.3. The number of allylic oxidation sites excluding steroid dienone is 4. The number of halogens is 3. The largest absolute Gasteiger partial charge is 1.00 e. The molecule has 1 aromatic carbocycles. The fourth-order valence-electron chi connectivity index (χ4n) is 4.93. The van der Waals surface area contributed by atoms with Gasteiger partial charge in [-0.25, -0.2) is 0 Å². The zero-order valence-corrected chi connectivity index (χ0v) is 25.6. The quantitative estimate of drug-likeness (QED) is 0.273. The van der Waals surface area contributed by atoms with E-state index in [0.717, 1.165) is 0 Å². The Balaban J connectivity index is 0. The normalized spacial score (nSPS) is 18.6. The molecule has 1 aromatic rings. The van der Waals surface area contributed by atoms with Crippen LogP contribution >= 0.6 is 0 Å². The van der Waals surface area contributed by atoms with Gasteiger partial charge in [-0.15, -0.1) is 0 Å². The van der Waals surface area contributed by atoms with Gasteiger partial charge in [0.05, 0.1) is 0 Å². The molecule has 5 heteroatoms. The van der Waals surface area contributed by atoms with Crippen LogP contribution in [0.5, 0.6) is 0 Å². The van der Waals surface area contributed by atoms with Gasteiger partial charge in [0.1, 0.15) is 0 Å². The van der Waals surface area contributed by atoms with Gasteiger partial charge in [0.25, 0.3) is 0 Å². The van der Waals surface area contributed by atoms with Crippen LogP contribution in [0.2, 0.25) is 9.76 Å². The Hall–Kier alpha value is 0.501. The predicted molar refractivity (Wildman–Crippen MR) is 121 cm³/mol. The minimum Gasteiger partial charge on any atom is -1.00 e. The molecule has 1 unspecified atom stereocenters. The summed E-state index contributed by atoms with van der Waals surface area (Å²) in [7, 11) is -0.320. The minimum absolute atomic E-state index is 0. The Morgan fingerprint density at radius 2 is 1.17 bits per heavy atom. The molecular formula is C25H39Cl3SiTi. The first-order chi connectivity index (χ1) is 12.6. The summed E-state index contributed by atoms with van der Waals surface area (Å²) in [6, 6.07) is 1.37. The molecule has 0 aromatic heterocycles. The molecule has 1 aliphatic carbocycles. The molecule has 0 bridgehead atoms. The zero-order valence-electron chi connectivity index (χ0n) is 20.4. The molecule has 0 spiro atoms. The Morgan fingerprint density at radius 1 is 0.700 bits per heavy atom. The van der Waals surface area contributed by atoms with Crippen LogP contribution in [0.3, 0.4) is 0 Å². The van der Waals surface area contributed by atoms with Gasteiger partial charge in [0, 0.05) is 0 Å². The third-order valence-corrected chi connectivity index (χ3v) is 12.5. The van der Waals surface area contributed by atoms with Gasteiger partial charge >= 0.3 is 183 Å². The third kappa shape index (κ3) is 6.09. The monoisotopic (exact) mass is 520 g/mol. The van der Waals surface area contributed by atoms with Crippen molar-refractivity contribution in [3.63, 3.8) is 0 Å². The van der Waals surface area contributed by atoms with Crippen LogP contribution < -0.4 is 42.4 Å². The van der Waals surface area contributed by atoms with Crippen molar-refractivity contribution < 1.29 is 57.7 Å². The number of unbranched alkanes of at least 4 members (excludes halogenated alkanes) is 2. The van der Waals surface area contributed by atoms with Crippen LogP contribution in [0.1, 0.15) is 81.2 Å². The molecule has 0 fully saturated rings. The Labute approximate surface area is 219 Å². The first kappa shape index (κ1) is 32.7. The molecule has 0 aliphatic heterocycles. The SMILES string of the molecule is CCCCCC1=C(C)C(C)=C(C)[C]1([Ti+3])C[SiH2]c1c(C)c(C)c(C)c(C)c1C.[Cl-].[Cl-].[Cl-]. The van der Waals surface area contributed by atoms with Crippen molar-refractivity contribution in [3.8, 4) is 0 Å². The van der Waals surface area contributed by atoms with Crippen molar-refractivity contribution in [2.75, 3.05) is 0 Å². The standard InChI is InChI=1S/C25H39Si.3ClH.Ti/c1-10-11-12-13-23-19(6)18(5)20(7)24(23)14-26-25-21(8)16(3)15(2)17(4)22(25)9;;;;/h10-14,26H2,1-9H3;3*1H;/q;;;;+3/p-3. The van der Waals surface area contributed by atoms with Crippen molar-refractivity contribution in [1.82, 2.24) is 0 Å². The Morgan fingerprint density at radius 3 is 1.63 bits per heavy atom. The summed E-state index contributed by atoms with van der Waals surface area (Å²) in [6.45, 7) is 21.1. The van der Waals surface area contributed by atoms with E-state index in [2.05, 4.69) is 82.7 Å². The minimum atomic E-state index is -0.320. The van der Waals surface area contributed by atoms with Crippen LogP contribution in [0.4, 0.5) is 0 Å². The molecule has 168 valence electrons. The molecule has 0 radical (unpaired) electrons. The molecule has 0 amide bonds. The maximum atomic E-state index is 2.55. The number of benzene rings is 1.